The number of ether oxygens (including phenoxy) is 2. The van der Waals surface area contributed by atoms with Gasteiger partial charge in [0, 0.05) is 25.4 Å². The third kappa shape index (κ3) is 3.15. The average molecular weight is 250 g/mol. The summed E-state index contributed by atoms with van der Waals surface area (Å²) >= 11 is 0. The highest BCUT2D eigenvalue weighted by Crippen LogP contribution is 2.32. The normalized spacial score (nSPS) is 16.4. The summed E-state index contributed by atoms with van der Waals surface area (Å²) in [7, 11) is 4.12. The minimum absolute atomic E-state index is 0.331. The summed E-state index contributed by atoms with van der Waals surface area (Å²) in [6.45, 7) is 3.02. The zero-order valence-electron chi connectivity index (χ0n) is 11.2. The third-order valence-corrected chi connectivity index (χ3v) is 3.11. The Labute approximate surface area is 109 Å². The van der Waals surface area contributed by atoms with E-state index in [1.54, 1.807) is 0 Å². The quantitative estimate of drug-likeness (QED) is 0.878. The summed E-state index contributed by atoms with van der Waals surface area (Å²) in [6.07, 6.45) is 0.933. The molecule has 0 spiro atoms. The predicted octanol–water partition coefficient (Wildman–Crippen LogP) is 1.45. The minimum atomic E-state index is 0.331. The summed E-state index contributed by atoms with van der Waals surface area (Å²) in [4.78, 5) is 2.15. The smallest absolute Gasteiger partial charge is 0.161 e. The molecule has 0 radical (unpaired) electrons. The second-order valence-corrected chi connectivity index (χ2v) is 4.95. The maximum atomic E-state index is 5.86. The van der Waals surface area contributed by atoms with E-state index < -0.39 is 0 Å². The second kappa shape index (κ2) is 6.07. The lowest BCUT2D eigenvalue weighted by atomic mass is 9.98. The Kier molecular flexibility index (Phi) is 4.44. The predicted molar refractivity (Wildman–Crippen MR) is 72.4 cm³/mol. The maximum absolute atomic E-state index is 5.86. The van der Waals surface area contributed by atoms with Gasteiger partial charge in [0.1, 0.15) is 0 Å². The topological polar surface area (TPSA) is 47.7 Å². The first kappa shape index (κ1) is 13.2. The van der Waals surface area contributed by atoms with Gasteiger partial charge in [0.25, 0.3) is 0 Å². The van der Waals surface area contributed by atoms with Crippen LogP contribution < -0.4 is 15.2 Å². The van der Waals surface area contributed by atoms with Gasteiger partial charge in [-0.05, 0) is 31.8 Å². The number of benzene rings is 1. The third-order valence-electron chi connectivity index (χ3n) is 3.11. The van der Waals surface area contributed by atoms with Crippen molar-refractivity contribution in [3.05, 3.63) is 23.8 Å². The van der Waals surface area contributed by atoms with Crippen molar-refractivity contribution in [3.8, 4) is 11.5 Å². The summed E-state index contributed by atoms with van der Waals surface area (Å²) < 4.78 is 11.3. The zero-order chi connectivity index (χ0) is 13.0. The fourth-order valence-corrected chi connectivity index (χ4v) is 2.19. The maximum Gasteiger partial charge on any atom is 0.161 e. The van der Waals surface area contributed by atoms with Crippen LogP contribution in [0.5, 0.6) is 11.5 Å². The molecule has 4 heteroatoms. The van der Waals surface area contributed by atoms with Gasteiger partial charge >= 0.3 is 0 Å². The Bertz CT molecular complexity index is 393. The van der Waals surface area contributed by atoms with Gasteiger partial charge in [0.05, 0.1) is 13.2 Å². The molecule has 18 heavy (non-hydrogen) atoms. The molecule has 0 saturated carbocycles. The fourth-order valence-electron chi connectivity index (χ4n) is 2.19. The van der Waals surface area contributed by atoms with E-state index in [0.29, 0.717) is 12.5 Å². The minimum Gasteiger partial charge on any atom is -0.490 e. The van der Waals surface area contributed by atoms with Crippen molar-refractivity contribution in [2.45, 2.75) is 12.3 Å². The first-order chi connectivity index (χ1) is 8.70. The van der Waals surface area contributed by atoms with Crippen molar-refractivity contribution < 1.29 is 9.47 Å². The molecule has 100 valence electrons. The molecule has 1 aromatic rings. The van der Waals surface area contributed by atoms with Crippen LogP contribution in [0, 0.1) is 0 Å². The largest absolute Gasteiger partial charge is 0.490 e. The highest BCUT2D eigenvalue weighted by atomic mass is 16.5. The number of nitrogens with two attached hydrogens (primary N) is 1. The van der Waals surface area contributed by atoms with E-state index in [0.717, 1.165) is 37.7 Å². The molecule has 0 amide bonds. The van der Waals surface area contributed by atoms with E-state index >= 15 is 0 Å². The standard InChI is InChI=1S/C14H22N2O2/c1-16(2)10-12(9-15)11-4-5-13-14(8-11)18-7-3-6-17-13/h4-5,8,12H,3,6-7,9-10,15H2,1-2H3. The van der Waals surface area contributed by atoms with Crippen LogP contribution in [0.15, 0.2) is 18.2 Å². The number of fused-ring (bicyclic) bond motifs is 1. The Morgan fingerprint density at radius 3 is 2.61 bits per heavy atom. The van der Waals surface area contributed by atoms with Crippen molar-refractivity contribution in [3.63, 3.8) is 0 Å². The van der Waals surface area contributed by atoms with Gasteiger partial charge in [-0.2, -0.15) is 0 Å². The number of rotatable bonds is 4. The lowest BCUT2D eigenvalue weighted by Gasteiger charge is -2.20. The lowest BCUT2D eigenvalue weighted by molar-refractivity contribution is 0.297. The van der Waals surface area contributed by atoms with Crippen molar-refractivity contribution in [1.82, 2.24) is 4.90 Å². The van der Waals surface area contributed by atoms with Gasteiger partial charge in [-0.1, -0.05) is 6.07 Å². The molecule has 1 unspecified atom stereocenters. The van der Waals surface area contributed by atoms with Gasteiger partial charge in [-0.3, -0.25) is 0 Å². The number of hydrogen-bond acceptors (Lipinski definition) is 4. The van der Waals surface area contributed by atoms with Gasteiger partial charge in [-0.15, -0.1) is 0 Å². The molecule has 0 aromatic heterocycles. The second-order valence-electron chi connectivity index (χ2n) is 4.95. The van der Waals surface area contributed by atoms with E-state index in [1.165, 1.54) is 5.56 Å². The lowest BCUT2D eigenvalue weighted by Crippen LogP contribution is -2.25. The van der Waals surface area contributed by atoms with Crippen LogP contribution in [0.4, 0.5) is 0 Å². The first-order valence-electron chi connectivity index (χ1n) is 6.45. The molecule has 0 bridgehead atoms. The molecule has 1 aliphatic heterocycles. The fraction of sp³-hybridized carbons (Fsp3) is 0.571. The van der Waals surface area contributed by atoms with E-state index in [2.05, 4.69) is 31.1 Å². The highest BCUT2D eigenvalue weighted by molar-refractivity contribution is 5.44. The van der Waals surface area contributed by atoms with Crippen LogP contribution in [0.2, 0.25) is 0 Å². The van der Waals surface area contributed by atoms with Gasteiger partial charge in [-0.25, -0.2) is 0 Å². The Morgan fingerprint density at radius 1 is 1.22 bits per heavy atom. The summed E-state index contributed by atoms with van der Waals surface area (Å²) in [5, 5.41) is 0. The Hall–Kier alpha value is -1.26. The Balaban J connectivity index is 2.20. The molecule has 1 aliphatic rings. The zero-order valence-corrected chi connectivity index (χ0v) is 11.2. The highest BCUT2D eigenvalue weighted by Gasteiger charge is 2.16. The van der Waals surface area contributed by atoms with Crippen LogP contribution in [-0.2, 0) is 0 Å². The molecule has 0 saturated heterocycles. The average Bonchev–Trinajstić information content (AvgIpc) is 2.59. The van der Waals surface area contributed by atoms with Crippen LogP contribution >= 0.6 is 0 Å². The van der Waals surface area contributed by atoms with E-state index in [9.17, 15) is 0 Å². The van der Waals surface area contributed by atoms with Crippen molar-refractivity contribution >= 4 is 0 Å². The number of nitrogens with zero attached hydrogens (tertiary/aromatic N) is 1. The van der Waals surface area contributed by atoms with Crippen molar-refractivity contribution in [1.29, 1.82) is 0 Å². The molecule has 4 nitrogen and oxygen atoms in total. The molecular weight excluding hydrogens is 228 g/mol. The van der Waals surface area contributed by atoms with Gasteiger partial charge < -0.3 is 20.1 Å². The molecule has 1 heterocycles. The van der Waals surface area contributed by atoms with Crippen LogP contribution in [0.1, 0.15) is 17.9 Å². The Morgan fingerprint density at radius 2 is 1.94 bits per heavy atom. The SMILES string of the molecule is CN(C)CC(CN)c1ccc2c(c1)OCCCO2. The van der Waals surface area contributed by atoms with E-state index in [4.69, 9.17) is 15.2 Å². The summed E-state index contributed by atoms with van der Waals surface area (Å²) in [6, 6.07) is 6.16. The molecular formula is C14H22N2O2. The summed E-state index contributed by atoms with van der Waals surface area (Å²) in [5.41, 5.74) is 7.08. The molecule has 2 N–H and O–H groups in total. The van der Waals surface area contributed by atoms with E-state index in [1.807, 2.05) is 6.07 Å². The monoisotopic (exact) mass is 250 g/mol. The van der Waals surface area contributed by atoms with Crippen LogP contribution in [-0.4, -0.2) is 45.3 Å². The summed E-state index contributed by atoms with van der Waals surface area (Å²) in [5.74, 6) is 2.02. The van der Waals surface area contributed by atoms with Crippen molar-refractivity contribution in [2.24, 2.45) is 5.73 Å². The van der Waals surface area contributed by atoms with Crippen LogP contribution in [0.3, 0.4) is 0 Å². The number of likely N-dealkylation sites (N-methyl/N-ethyl adjacent to an activating group) is 1. The van der Waals surface area contributed by atoms with Crippen LogP contribution in [0.25, 0.3) is 0 Å². The molecule has 1 aromatic carbocycles. The van der Waals surface area contributed by atoms with Crippen molar-refractivity contribution in [2.75, 3.05) is 40.4 Å². The number of hydrogen-bond donors (Lipinski definition) is 1. The van der Waals surface area contributed by atoms with Gasteiger partial charge in [0.2, 0.25) is 0 Å². The molecule has 0 aliphatic carbocycles. The van der Waals surface area contributed by atoms with E-state index in [-0.39, 0.29) is 0 Å². The molecule has 0 fully saturated rings. The molecule has 1 atom stereocenters. The van der Waals surface area contributed by atoms with Gasteiger partial charge in [0.15, 0.2) is 11.5 Å². The first-order valence-corrected chi connectivity index (χ1v) is 6.45. The molecule has 2 rings (SSSR count).